The molecule has 1 aliphatic heterocycles. The van der Waals surface area contributed by atoms with Gasteiger partial charge in [-0.2, -0.15) is 5.10 Å². The number of aliphatic hydroxyl groups is 1. The molecule has 1 aliphatic rings. The van der Waals surface area contributed by atoms with E-state index in [4.69, 9.17) is 14.6 Å². The van der Waals surface area contributed by atoms with Gasteiger partial charge in [0.1, 0.15) is 22.0 Å². The maximum atomic E-state index is 13.6. The first kappa shape index (κ1) is 27.0. The van der Waals surface area contributed by atoms with E-state index in [-0.39, 0.29) is 30.3 Å². The molecule has 4 rings (SSSR count). The topological polar surface area (TPSA) is 121 Å². The maximum Gasteiger partial charge on any atom is 0.279 e. The molecule has 0 saturated carbocycles. The molecule has 11 heteroatoms. The SMILES string of the molecule is COc1c(OCC(=O)NC(C)CO)cccc1C1SC(c2ccc(F)cc2)=NN1C(=O)c1ccccc1O. The van der Waals surface area contributed by atoms with Gasteiger partial charge in [-0.05, 0) is 49.4 Å². The van der Waals surface area contributed by atoms with Gasteiger partial charge in [-0.3, -0.25) is 9.59 Å². The summed E-state index contributed by atoms with van der Waals surface area (Å²) in [6.07, 6.45) is 0. The number of aliphatic hydroxyl groups excluding tert-OH is 1. The third-order valence-electron chi connectivity index (χ3n) is 5.60. The van der Waals surface area contributed by atoms with Crippen molar-refractivity contribution in [1.82, 2.24) is 10.3 Å². The summed E-state index contributed by atoms with van der Waals surface area (Å²) in [5.74, 6) is -1.02. The van der Waals surface area contributed by atoms with Crippen LogP contribution in [0.15, 0.2) is 71.8 Å². The molecule has 0 aromatic heterocycles. The zero-order valence-electron chi connectivity index (χ0n) is 20.6. The second-order valence-corrected chi connectivity index (χ2v) is 9.44. The van der Waals surface area contributed by atoms with E-state index in [0.717, 1.165) is 0 Å². The van der Waals surface area contributed by atoms with E-state index in [1.165, 1.54) is 48.1 Å². The summed E-state index contributed by atoms with van der Waals surface area (Å²) in [5.41, 5.74) is 1.20. The van der Waals surface area contributed by atoms with Crippen LogP contribution >= 0.6 is 11.8 Å². The summed E-state index contributed by atoms with van der Waals surface area (Å²) in [6, 6.07) is 16.5. The Balaban J connectivity index is 1.69. The number of phenolic OH excluding ortho intramolecular Hbond substituents is 1. The van der Waals surface area contributed by atoms with Gasteiger partial charge < -0.3 is 25.0 Å². The lowest BCUT2D eigenvalue weighted by Crippen LogP contribution is -2.38. The highest BCUT2D eigenvalue weighted by Gasteiger charge is 2.37. The summed E-state index contributed by atoms with van der Waals surface area (Å²) >= 11 is 1.24. The molecule has 0 bridgehead atoms. The number of halogens is 1. The fourth-order valence-electron chi connectivity index (χ4n) is 3.74. The predicted octanol–water partition coefficient (Wildman–Crippen LogP) is 3.67. The minimum atomic E-state index is -0.733. The third-order valence-corrected chi connectivity index (χ3v) is 6.81. The molecular weight excluding hydrogens is 513 g/mol. The lowest BCUT2D eigenvalue weighted by atomic mass is 10.1. The Morgan fingerprint density at radius 1 is 1.13 bits per heavy atom. The lowest BCUT2D eigenvalue weighted by Gasteiger charge is -2.24. The first-order chi connectivity index (χ1) is 18.3. The van der Waals surface area contributed by atoms with Crippen LogP contribution in [0.25, 0.3) is 0 Å². The van der Waals surface area contributed by atoms with Gasteiger partial charge in [-0.25, -0.2) is 9.40 Å². The number of carbonyl (C=O) groups is 2. The fraction of sp³-hybridized carbons (Fsp3) is 0.222. The second kappa shape index (κ2) is 12.0. The van der Waals surface area contributed by atoms with Gasteiger partial charge in [0.15, 0.2) is 18.1 Å². The number of rotatable bonds is 9. The number of carbonyl (C=O) groups excluding carboxylic acids is 2. The number of phenols is 1. The molecule has 0 fully saturated rings. The highest BCUT2D eigenvalue weighted by Crippen LogP contribution is 2.47. The number of methoxy groups -OCH3 is 1. The van der Waals surface area contributed by atoms with Crippen molar-refractivity contribution in [3.63, 3.8) is 0 Å². The number of hydrazone groups is 1. The Bertz CT molecular complexity index is 1350. The van der Waals surface area contributed by atoms with E-state index in [9.17, 15) is 19.1 Å². The molecular formula is C27H26FN3O6S. The van der Waals surface area contributed by atoms with Crippen molar-refractivity contribution in [2.45, 2.75) is 18.3 Å². The molecule has 0 saturated heterocycles. The van der Waals surface area contributed by atoms with Crippen LogP contribution in [0.4, 0.5) is 4.39 Å². The molecule has 198 valence electrons. The van der Waals surface area contributed by atoms with Gasteiger partial charge in [0.05, 0.1) is 19.3 Å². The summed E-state index contributed by atoms with van der Waals surface area (Å²) in [6.45, 7) is 1.13. The van der Waals surface area contributed by atoms with Crippen molar-refractivity contribution in [2.24, 2.45) is 5.10 Å². The van der Waals surface area contributed by atoms with Crippen LogP contribution in [0.1, 0.15) is 33.8 Å². The molecule has 0 radical (unpaired) electrons. The Labute approximate surface area is 222 Å². The van der Waals surface area contributed by atoms with E-state index in [1.807, 2.05) is 0 Å². The number of ether oxygens (including phenoxy) is 2. The van der Waals surface area contributed by atoms with Crippen molar-refractivity contribution in [3.8, 4) is 17.2 Å². The minimum absolute atomic E-state index is 0.0586. The Morgan fingerprint density at radius 2 is 1.87 bits per heavy atom. The van der Waals surface area contributed by atoms with Gasteiger partial charge in [0, 0.05) is 17.2 Å². The monoisotopic (exact) mass is 539 g/mol. The number of para-hydroxylation sites is 2. The first-order valence-electron chi connectivity index (χ1n) is 11.6. The summed E-state index contributed by atoms with van der Waals surface area (Å²) in [4.78, 5) is 25.7. The molecule has 2 amide bonds. The standard InChI is InChI=1S/C27H26FN3O6S/c1-16(14-32)29-23(34)15-37-22-9-5-7-20(24(22)36-2)27-31(26(35)19-6-3-4-8-21(19)33)30-25(38-27)17-10-12-18(28)13-11-17/h3-13,16,27,32-33H,14-15H2,1-2H3,(H,29,34). The van der Waals surface area contributed by atoms with Crippen LogP contribution in [0.2, 0.25) is 0 Å². The molecule has 2 atom stereocenters. The first-order valence-corrected chi connectivity index (χ1v) is 12.5. The number of thioether (sulfide) groups is 1. The van der Waals surface area contributed by atoms with Crippen molar-refractivity contribution in [1.29, 1.82) is 0 Å². The van der Waals surface area contributed by atoms with Gasteiger partial charge in [-0.15, -0.1) is 0 Å². The van der Waals surface area contributed by atoms with Crippen LogP contribution in [-0.2, 0) is 4.79 Å². The highest BCUT2D eigenvalue weighted by atomic mass is 32.2. The number of aromatic hydroxyl groups is 1. The molecule has 0 aliphatic carbocycles. The predicted molar refractivity (Wildman–Crippen MR) is 141 cm³/mol. The smallest absolute Gasteiger partial charge is 0.279 e. The van der Waals surface area contributed by atoms with Crippen molar-refractivity contribution in [3.05, 3.63) is 89.2 Å². The van der Waals surface area contributed by atoms with Crippen molar-refractivity contribution in [2.75, 3.05) is 20.3 Å². The average molecular weight is 540 g/mol. The van der Waals surface area contributed by atoms with Crippen LogP contribution in [0.3, 0.4) is 0 Å². The normalized spacial score (nSPS) is 15.5. The highest BCUT2D eigenvalue weighted by molar-refractivity contribution is 8.14. The van der Waals surface area contributed by atoms with E-state index in [0.29, 0.717) is 21.9 Å². The molecule has 3 N–H and O–H groups in total. The lowest BCUT2D eigenvalue weighted by molar-refractivity contribution is -0.124. The Morgan fingerprint density at radius 3 is 2.55 bits per heavy atom. The molecule has 38 heavy (non-hydrogen) atoms. The fourth-order valence-corrected chi connectivity index (χ4v) is 4.91. The molecule has 3 aromatic carbocycles. The number of hydrogen-bond donors (Lipinski definition) is 3. The number of hydrogen-bond acceptors (Lipinski definition) is 8. The molecule has 0 spiro atoms. The molecule has 2 unspecified atom stereocenters. The van der Waals surface area contributed by atoms with Crippen LogP contribution < -0.4 is 14.8 Å². The molecule has 1 heterocycles. The Kier molecular flexibility index (Phi) is 8.49. The zero-order valence-corrected chi connectivity index (χ0v) is 21.4. The van der Waals surface area contributed by atoms with E-state index >= 15 is 0 Å². The average Bonchev–Trinajstić information content (AvgIpc) is 3.37. The third kappa shape index (κ3) is 5.90. The Hall–Kier alpha value is -4.09. The number of benzene rings is 3. The van der Waals surface area contributed by atoms with Crippen molar-refractivity contribution >= 4 is 28.6 Å². The minimum Gasteiger partial charge on any atom is -0.507 e. The van der Waals surface area contributed by atoms with Gasteiger partial charge in [0.25, 0.3) is 11.8 Å². The largest absolute Gasteiger partial charge is 0.507 e. The van der Waals surface area contributed by atoms with Gasteiger partial charge in [0.2, 0.25) is 0 Å². The molecule has 3 aromatic rings. The van der Waals surface area contributed by atoms with Gasteiger partial charge >= 0.3 is 0 Å². The number of nitrogens with zero attached hydrogens (tertiary/aromatic N) is 2. The van der Waals surface area contributed by atoms with Crippen LogP contribution in [0.5, 0.6) is 17.2 Å². The second-order valence-electron chi connectivity index (χ2n) is 8.37. The number of nitrogens with one attached hydrogen (secondary N) is 1. The summed E-state index contributed by atoms with van der Waals surface area (Å²) in [7, 11) is 1.44. The van der Waals surface area contributed by atoms with Crippen LogP contribution in [-0.4, -0.2) is 58.4 Å². The van der Waals surface area contributed by atoms with E-state index in [2.05, 4.69) is 10.4 Å². The number of amides is 2. The van der Waals surface area contributed by atoms with Crippen LogP contribution in [0, 0.1) is 5.82 Å². The quantitative estimate of drug-likeness (QED) is 0.380. The maximum absolute atomic E-state index is 13.6. The van der Waals surface area contributed by atoms with E-state index in [1.54, 1.807) is 49.4 Å². The van der Waals surface area contributed by atoms with Crippen molar-refractivity contribution < 1.29 is 33.7 Å². The van der Waals surface area contributed by atoms with Gasteiger partial charge in [-0.1, -0.05) is 36.0 Å². The summed E-state index contributed by atoms with van der Waals surface area (Å²) in [5, 5.41) is 27.5. The molecule has 9 nitrogen and oxygen atoms in total. The zero-order chi connectivity index (χ0) is 27.2. The summed E-state index contributed by atoms with van der Waals surface area (Å²) < 4.78 is 24.9. The van der Waals surface area contributed by atoms with E-state index < -0.39 is 29.0 Å².